The van der Waals surface area contributed by atoms with Crippen molar-refractivity contribution in [3.63, 3.8) is 0 Å². The fourth-order valence-corrected chi connectivity index (χ4v) is 4.35. The van der Waals surface area contributed by atoms with Crippen LogP contribution in [0.25, 0.3) is 0 Å². The van der Waals surface area contributed by atoms with Gasteiger partial charge in [0.1, 0.15) is 6.73 Å². The van der Waals surface area contributed by atoms with Crippen LogP contribution in [0.5, 0.6) is 0 Å². The molecule has 1 aromatic carbocycles. The van der Waals surface area contributed by atoms with Crippen LogP contribution in [0.4, 0.5) is 5.69 Å². The number of benzene rings is 1. The van der Waals surface area contributed by atoms with Gasteiger partial charge in [-0.05, 0) is 29.9 Å². The number of anilines is 1. The summed E-state index contributed by atoms with van der Waals surface area (Å²) in [6.45, 7) is 9.76. The Kier molecular flexibility index (Phi) is 6.12. The second-order valence-corrected chi connectivity index (χ2v) is 12.7. The highest BCUT2D eigenvalue weighted by Crippen LogP contribution is 2.27. The van der Waals surface area contributed by atoms with E-state index in [4.69, 9.17) is 16.3 Å². The highest BCUT2D eigenvalue weighted by atomic mass is 35.5. The number of halogens is 1. The summed E-state index contributed by atoms with van der Waals surface area (Å²) in [6, 6.07) is 8.07. The molecule has 1 unspecified atom stereocenters. The molecule has 1 aliphatic heterocycles. The smallest absolute Gasteiger partial charge is 0.274 e. The number of carbonyl (C=O) groups is 1. The number of hydrogen-bond acceptors (Lipinski definition) is 3. The Morgan fingerprint density at radius 2 is 2.00 bits per heavy atom. The van der Waals surface area contributed by atoms with Crippen molar-refractivity contribution in [1.29, 1.82) is 0 Å². The summed E-state index contributed by atoms with van der Waals surface area (Å²) in [7, 11) is -1.62. The minimum absolute atomic E-state index is 0.200. The number of alkyl halides is 1. The third-order valence-electron chi connectivity index (χ3n) is 4.03. The molecule has 0 bridgehead atoms. The highest BCUT2D eigenvalue weighted by molar-refractivity contribution is 6.89. The second-order valence-electron chi connectivity index (χ2n) is 7.08. The first-order valence-corrected chi connectivity index (χ1v) is 12.3. The van der Waals surface area contributed by atoms with Crippen LogP contribution in [0.1, 0.15) is 19.8 Å². The van der Waals surface area contributed by atoms with Crippen molar-refractivity contribution < 1.29 is 9.53 Å². The molecule has 2 rings (SSSR count). The number of para-hydroxylation sites is 1. The highest BCUT2D eigenvalue weighted by Gasteiger charge is 2.42. The zero-order valence-corrected chi connectivity index (χ0v) is 16.7. The van der Waals surface area contributed by atoms with E-state index in [0.29, 0.717) is 6.61 Å². The Labute approximate surface area is 150 Å². The standard InChI is InChI=1S/C18H27ClN2O2Si/c1-5-6-13-23-14-21(17(22)18(19)11-12-20-18)15-9-7-8-10-16(15)24(2,3)4/h7-12,20H,5-6,13-14H2,1-4H3. The average Bonchev–Trinajstić information content (AvgIpc) is 2.51. The van der Waals surface area contributed by atoms with E-state index in [1.54, 1.807) is 17.2 Å². The first kappa shape index (κ1) is 19.0. The summed E-state index contributed by atoms with van der Waals surface area (Å²) in [6.07, 6.45) is 5.39. The fourth-order valence-electron chi connectivity index (χ4n) is 2.54. The molecule has 4 nitrogen and oxygen atoms in total. The fraction of sp³-hybridized carbons (Fsp3) is 0.500. The molecule has 1 aromatic rings. The van der Waals surface area contributed by atoms with Gasteiger partial charge in [0.05, 0.1) is 8.07 Å². The quantitative estimate of drug-likeness (QED) is 0.252. The molecule has 0 radical (unpaired) electrons. The first-order valence-electron chi connectivity index (χ1n) is 8.43. The summed E-state index contributed by atoms with van der Waals surface area (Å²) in [4.78, 5) is 13.5. The Bertz CT molecular complexity index is 615. The second kappa shape index (κ2) is 7.72. The van der Waals surface area contributed by atoms with Crippen LogP contribution < -0.4 is 15.4 Å². The number of nitrogens with zero attached hydrogens (tertiary/aromatic N) is 1. The summed E-state index contributed by atoms with van der Waals surface area (Å²) in [5.74, 6) is -0.200. The summed E-state index contributed by atoms with van der Waals surface area (Å²) >= 11 is 6.38. The molecule has 1 heterocycles. The van der Waals surface area contributed by atoms with E-state index in [1.165, 1.54) is 5.19 Å². The predicted octanol–water partition coefficient (Wildman–Crippen LogP) is 3.39. The Hall–Kier alpha value is -1.30. The number of unbranched alkanes of at least 4 members (excludes halogenated alkanes) is 1. The molecule has 1 amide bonds. The third-order valence-corrected chi connectivity index (χ3v) is 6.46. The minimum Gasteiger partial charge on any atom is -0.362 e. The Balaban J connectivity index is 2.32. The van der Waals surface area contributed by atoms with Crippen molar-refractivity contribution in [2.45, 2.75) is 44.4 Å². The van der Waals surface area contributed by atoms with Crippen LogP contribution in [-0.4, -0.2) is 32.3 Å². The van der Waals surface area contributed by atoms with Gasteiger partial charge in [-0.1, -0.05) is 62.8 Å². The lowest BCUT2D eigenvalue weighted by Crippen LogP contribution is -2.58. The largest absolute Gasteiger partial charge is 0.362 e. The molecule has 1 N–H and O–H groups in total. The molecule has 1 atom stereocenters. The molecule has 24 heavy (non-hydrogen) atoms. The van der Waals surface area contributed by atoms with E-state index >= 15 is 0 Å². The number of nitrogens with one attached hydrogen (secondary N) is 1. The number of carbonyl (C=O) groups excluding carboxylic acids is 1. The van der Waals surface area contributed by atoms with Crippen molar-refractivity contribution in [2.75, 3.05) is 18.2 Å². The minimum atomic E-state index is -1.62. The monoisotopic (exact) mass is 366 g/mol. The van der Waals surface area contributed by atoms with Crippen molar-refractivity contribution in [2.24, 2.45) is 0 Å². The normalized spacial score (nSPS) is 19.5. The van der Waals surface area contributed by atoms with Gasteiger partial charge >= 0.3 is 0 Å². The zero-order chi connectivity index (χ0) is 17.8. The van der Waals surface area contributed by atoms with Crippen LogP contribution in [-0.2, 0) is 9.53 Å². The number of hydrogen-bond donors (Lipinski definition) is 1. The molecule has 0 saturated heterocycles. The molecule has 6 heteroatoms. The molecule has 0 aromatic heterocycles. The maximum absolute atomic E-state index is 13.0. The van der Waals surface area contributed by atoms with Crippen molar-refractivity contribution in [3.8, 4) is 0 Å². The third kappa shape index (κ3) is 4.21. The van der Waals surface area contributed by atoms with Gasteiger partial charge in [-0.15, -0.1) is 0 Å². The number of ether oxygens (including phenoxy) is 1. The predicted molar refractivity (Wildman–Crippen MR) is 103 cm³/mol. The van der Waals surface area contributed by atoms with E-state index in [0.717, 1.165) is 18.5 Å². The van der Waals surface area contributed by atoms with Gasteiger partial charge in [0.15, 0.2) is 0 Å². The van der Waals surface area contributed by atoms with Crippen LogP contribution in [0.2, 0.25) is 19.6 Å². The topological polar surface area (TPSA) is 41.6 Å². The maximum atomic E-state index is 13.0. The average molecular weight is 367 g/mol. The summed E-state index contributed by atoms with van der Waals surface area (Å²) in [5.41, 5.74) is 0.903. The Morgan fingerprint density at radius 1 is 1.33 bits per heavy atom. The van der Waals surface area contributed by atoms with Crippen molar-refractivity contribution in [3.05, 3.63) is 36.5 Å². The van der Waals surface area contributed by atoms with Gasteiger partial charge in [-0.2, -0.15) is 0 Å². The number of amides is 1. The molecular weight excluding hydrogens is 340 g/mol. The molecule has 0 fully saturated rings. The zero-order valence-electron chi connectivity index (χ0n) is 14.9. The maximum Gasteiger partial charge on any atom is 0.274 e. The van der Waals surface area contributed by atoms with Gasteiger partial charge in [0.25, 0.3) is 5.91 Å². The number of rotatable bonds is 8. The van der Waals surface area contributed by atoms with Gasteiger partial charge < -0.3 is 10.1 Å². The molecule has 132 valence electrons. The lowest BCUT2D eigenvalue weighted by Gasteiger charge is -2.36. The van der Waals surface area contributed by atoms with E-state index in [9.17, 15) is 4.79 Å². The molecule has 0 saturated carbocycles. The first-order chi connectivity index (χ1) is 11.3. The van der Waals surface area contributed by atoms with E-state index in [-0.39, 0.29) is 12.6 Å². The lowest BCUT2D eigenvalue weighted by atomic mass is 10.1. The molecule has 0 aliphatic carbocycles. The van der Waals surface area contributed by atoms with Crippen molar-refractivity contribution in [1.82, 2.24) is 5.32 Å². The Morgan fingerprint density at radius 3 is 2.54 bits per heavy atom. The van der Waals surface area contributed by atoms with Crippen LogP contribution >= 0.6 is 11.6 Å². The molecular formula is C18H27ClN2O2Si. The molecule has 0 spiro atoms. The van der Waals surface area contributed by atoms with Crippen LogP contribution in [0.15, 0.2) is 36.5 Å². The lowest BCUT2D eigenvalue weighted by molar-refractivity contribution is -0.122. The SMILES string of the molecule is CCCCOCN(C(=O)C1(Cl)C=CN1)c1ccccc1[Si](C)(C)C. The van der Waals surface area contributed by atoms with Crippen molar-refractivity contribution >= 4 is 36.5 Å². The summed E-state index contributed by atoms with van der Waals surface area (Å²) < 4.78 is 5.75. The van der Waals surface area contributed by atoms with Gasteiger partial charge in [-0.25, -0.2) is 0 Å². The van der Waals surface area contributed by atoms with Gasteiger partial charge in [-0.3, -0.25) is 9.69 Å². The van der Waals surface area contributed by atoms with Crippen LogP contribution in [0.3, 0.4) is 0 Å². The van der Waals surface area contributed by atoms with E-state index in [1.807, 2.05) is 18.2 Å². The summed E-state index contributed by atoms with van der Waals surface area (Å²) in [5, 5.41) is 4.10. The van der Waals surface area contributed by atoms with E-state index in [2.05, 4.69) is 37.9 Å². The van der Waals surface area contributed by atoms with Gasteiger partial charge in [0, 0.05) is 12.3 Å². The van der Waals surface area contributed by atoms with E-state index < -0.39 is 13.1 Å². The molecule has 1 aliphatic rings. The van der Waals surface area contributed by atoms with Gasteiger partial charge in [0.2, 0.25) is 5.00 Å². The van der Waals surface area contributed by atoms with Crippen LogP contribution in [0, 0.1) is 0 Å².